The van der Waals surface area contributed by atoms with Crippen molar-refractivity contribution in [2.75, 3.05) is 6.26 Å². The lowest BCUT2D eigenvalue weighted by molar-refractivity contribution is -0.141. The molecule has 0 N–H and O–H groups in total. The molecule has 0 radical (unpaired) electrons. The number of alkyl halides is 3. The first-order valence-electron chi connectivity index (χ1n) is 7.47. The molecule has 0 amide bonds. The second kappa shape index (κ2) is 6.95. The zero-order valence-corrected chi connectivity index (χ0v) is 14.6. The van der Waals surface area contributed by atoms with Gasteiger partial charge in [0.15, 0.2) is 21.4 Å². The van der Waals surface area contributed by atoms with E-state index in [4.69, 9.17) is 4.74 Å². The van der Waals surface area contributed by atoms with E-state index in [1.807, 2.05) is 0 Å². The van der Waals surface area contributed by atoms with Gasteiger partial charge in [-0.1, -0.05) is 6.07 Å². The van der Waals surface area contributed by atoms with Gasteiger partial charge in [-0.2, -0.15) is 18.2 Å². The van der Waals surface area contributed by atoms with E-state index in [1.165, 1.54) is 48.8 Å². The average molecular weight is 395 g/mol. The van der Waals surface area contributed by atoms with E-state index in [0.717, 1.165) is 6.26 Å². The van der Waals surface area contributed by atoms with Crippen molar-refractivity contribution in [1.82, 2.24) is 15.0 Å². The highest BCUT2D eigenvalue weighted by Crippen LogP contribution is 2.33. The van der Waals surface area contributed by atoms with E-state index in [0.29, 0.717) is 11.6 Å². The first kappa shape index (κ1) is 18.8. The van der Waals surface area contributed by atoms with Crippen molar-refractivity contribution in [3.8, 4) is 23.0 Å². The number of hydrogen-bond donors (Lipinski definition) is 0. The highest BCUT2D eigenvalue weighted by atomic mass is 32.2. The number of rotatable bonds is 4. The van der Waals surface area contributed by atoms with Crippen LogP contribution in [-0.4, -0.2) is 29.6 Å². The number of halogens is 3. The topological polar surface area (TPSA) is 82.0 Å². The monoisotopic (exact) mass is 395 g/mol. The zero-order valence-electron chi connectivity index (χ0n) is 13.8. The first-order chi connectivity index (χ1) is 12.6. The highest BCUT2D eigenvalue weighted by molar-refractivity contribution is 7.90. The second-order valence-electron chi connectivity index (χ2n) is 5.50. The Morgan fingerprint density at radius 3 is 2.33 bits per heavy atom. The predicted molar refractivity (Wildman–Crippen MR) is 89.9 cm³/mol. The van der Waals surface area contributed by atoms with Crippen LogP contribution in [0.4, 0.5) is 13.2 Å². The molecule has 1 aromatic carbocycles. The van der Waals surface area contributed by atoms with Gasteiger partial charge in [-0.15, -0.1) is 0 Å². The second-order valence-corrected chi connectivity index (χ2v) is 7.51. The minimum Gasteiger partial charge on any atom is -0.439 e. The van der Waals surface area contributed by atoms with Gasteiger partial charge in [0.25, 0.3) is 0 Å². The molecule has 2 aromatic heterocycles. The molecule has 3 aromatic rings. The van der Waals surface area contributed by atoms with Crippen molar-refractivity contribution in [3.63, 3.8) is 0 Å². The molecule has 0 fully saturated rings. The summed E-state index contributed by atoms with van der Waals surface area (Å²) in [7, 11) is -3.50. The lowest BCUT2D eigenvalue weighted by Gasteiger charge is -2.11. The molecule has 6 nitrogen and oxygen atoms in total. The summed E-state index contributed by atoms with van der Waals surface area (Å²) in [6, 6.07) is 8.96. The van der Waals surface area contributed by atoms with Gasteiger partial charge in [-0.25, -0.2) is 13.4 Å². The fourth-order valence-corrected chi connectivity index (χ4v) is 2.80. The quantitative estimate of drug-likeness (QED) is 0.669. The maximum atomic E-state index is 13.2. The van der Waals surface area contributed by atoms with Gasteiger partial charge in [0.1, 0.15) is 5.75 Å². The van der Waals surface area contributed by atoms with E-state index in [-0.39, 0.29) is 22.3 Å². The Kier molecular flexibility index (Phi) is 4.83. The van der Waals surface area contributed by atoms with Gasteiger partial charge in [-0.05, 0) is 30.3 Å². The number of benzene rings is 1. The fourth-order valence-electron chi connectivity index (χ4n) is 2.14. The van der Waals surface area contributed by atoms with E-state index in [2.05, 4.69) is 15.0 Å². The zero-order chi connectivity index (χ0) is 19.7. The standard InChI is InChI=1S/C17H12F3N3O3S/c1-27(24,25)13-4-2-3-12(9-13)26-15-10-14(17(18,19)20)22-16(23-15)11-5-7-21-8-6-11/h2-10H,1H3. The summed E-state index contributed by atoms with van der Waals surface area (Å²) in [5.41, 5.74) is -0.857. The molecule has 0 atom stereocenters. The Morgan fingerprint density at radius 1 is 1.00 bits per heavy atom. The molecule has 2 heterocycles. The Balaban J connectivity index is 2.05. The molecule has 0 spiro atoms. The molecule has 0 saturated carbocycles. The molecular weight excluding hydrogens is 383 g/mol. The van der Waals surface area contributed by atoms with Crippen LogP contribution in [0.3, 0.4) is 0 Å². The Morgan fingerprint density at radius 2 is 1.70 bits per heavy atom. The molecule has 3 rings (SSSR count). The van der Waals surface area contributed by atoms with Gasteiger partial charge >= 0.3 is 6.18 Å². The van der Waals surface area contributed by atoms with Crippen LogP contribution in [0, 0.1) is 0 Å². The average Bonchev–Trinajstić information content (AvgIpc) is 2.61. The molecule has 27 heavy (non-hydrogen) atoms. The van der Waals surface area contributed by atoms with E-state index >= 15 is 0 Å². The van der Waals surface area contributed by atoms with Crippen LogP contribution >= 0.6 is 0 Å². The van der Waals surface area contributed by atoms with Gasteiger partial charge in [0, 0.05) is 30.3 Å². The van der Waals surface area contributed by atoms with Crippen LogP contribution in [0.25, 0.3) is 11.4 Å². The van der Waals surface area contributed by atoms with Gasteiger partial charge < -0.3 is 4.74 Å². The molecule has 10 heteroatoms. The minimum absolute atomic E-state index is 0.0283. The lowest BCUT2D eigenvalue weighted by Crippen LogP contribution is -2.10. The third-order valence-corrected chi connectivity index (χ3v) is 4.50. The van der Waals surface area contributed by atoms with Crippen molar-refractivity contribution in [2.45, 2.75) is 11.1 Å². The summed E-state index contributed by atoms with van der Waals surface area (Å²) in [4.78, 5) is 11.3. The largest absolute Gasteiger partial charge is 0.439 e. The highest BCUT2D eigenvalue weighted by Gasteiger charge is 2.34. The third-order valence-electron chi connectivity index (χ3n) is 3.39. The van der Waals surface area contributed by atoms with Crippen LogP contribution < -0.4 is 4.74 Å². The predicted octanol–water partition coefficient (Wildman–Crippen LogP) is 3.75. The molecule has 0 unspecified atom stereocenters. The molecular formula is C17H12F3N3O3S. The molecule has 0 saturated heterocycles. The van der Waals surface area contributed by atoms with Crippen molar-refractivity contribution in [1.29, 1.82) is 0 Å². The molecule has 0 aliphatic carbocycles. The smallest absolute Gasteiger partial charge is 0.433 e. The van der Waals surface area contributed by atoms with Crippen LogP contribution in [0.2, 0.25) is 0 Å². The van der Waals surface area contributed by atoms with Crippen LogP contribution in [0.1, 0.15) is 5.69 Å². The number of sulfone groups is 1. The first-order valence-corrected chi connectivity index (χ1v) is 9.37. The van der Waals surface area contributed by atoms with Gasteiger partial charge in [-0.3, -0.25) is 4.98 Å². The van der Waals surface area contributed by atoms with Crippen molar-refractivity contribution in [2.24, 2.45) is 0 Å². The summed E-state index contributed by atoms with van der Waals surface area (Å²) in [5.74, 6) is -0.526. The van der Waals surface area contributed by atoms with E-state index in [9.17, 15) is 21.6 Å². The minimum atomic E-state index is -4.71. The number of ether oxygens (including phenoxy) is 1. The summed E-state index contributed by atoms with van der Waals surface area (Å²) >= 11 is 0. The Bertz CT molecular complexity index is 1070. The van der Waals surface area contributed by atoms with E-state index in [1.54, 1.807) is 0 Å². The number of nitrogens with zero attached hydrogens (tertiary/aromatic N) is 3. The van der Waals surface area contributed by atoms with Crippen molar-refractivity contribution in [3.05, 3.63) is 60.6 Å². The number of aromatic nitrogens is 3. The Hall–Kier alpha value is -3.01. The van der Waals surface area contributed by atoms with Gasteiger partial charge in [0.05, 0.1) is 4.90 Å². The summed E-state index contributed by atoms with van der Waals surface area (Å²) in [5, 5.41) is 0. The van der Waals surface area contributed by atoms with Crippen molar-refractivity contribution >= 4 is 9.84 Å². The maximum absolute atomic E-state index is 13.2. The molecule has 0 bridgehead atoms. The number of pyridine rings is 1. The van der Waals surface area contributed by atoms with Crippen LogP contribution in [-0.2, 0) is 16.0 Å². The lowest BCUT2D eigenvalue weighted by atomic mass is 10.2. The fraction of sp³-hybridized carbons (Fsp3) is 0.118. The van der Waals surface area contributed by atoms with Crippen molar-refractivity contribution < 1.29 is 26.3 Å². The Labute approximate surface area is 152 Å². The van der Waals surface area contributed by atoms with Crippen LogP contribution in [0.5, 0.6) is 11.6 Å². The SMILES string of the molecule is CS(=O)(=O)c1cccc(Oc2cc(C(F)(F)F)nc(-c3ccncc3)n2)c1. The number of hydrogen-bond acceptors (Lipinski definition) is 6. The van der Waals surface area contributed by atoms with Crippen LogP contribution in [0.15, 0.2) is 59.8 Å². The molecule has 0 aliphatic heterocycles. The maximum Gasteiger partial charge on any atom is 0.433 e. The molecule has 140 valence electrons. The van der Waals surface area contributed by atoms with E-state index < -0.39 is 21.7 Å². The summed E-state index contributed by atoms with van der Waals surface area (Å²) in [6.07, 6.45) is -0.901. The third kappa shape index (κ3) is 4.59. The summed E-state index contributed by atoms with van der Waals surface area (Å²) in [6.45, 7) is 0. The molecule has 0 aliphatic rings. The normalized spacial score (nSPS) is 12.0. The van der Waals surface area contributed by atoms with Gasteiger partial charge in [0.2, 0.25) is 5.88 Å². The summed E-state index contributed by atoms with van der Waals surface area (Å²) < 4.78 is 68.2.